The van der Waals surface area contributed by atoms with Gasteiger partial charge in [0.25, 0.3) is 0 Å². The van der Waals surface area contributed by atoms with Gasteiger partial charge in [-0.15, -0.1) is 0 Å². The molecular weight excluding hydrogens is 392 g/mol. The van der Waals surface area contributed by atoms with E-state index in [0.717, 1.165) is 5.56 Å². The first kappa shape index (κ1) is 19.1. The van der Waals surface area contributed by atoms with Crippen molar-refractivity contribution in [1.29, 1.82) is 0 Å². The molecule has 0 aliphatic heterocycles. The first-order chi connectivity index (χ1) is 13.0. The highest BCUT2D eigenvalue weighted by atomic mass is 35.5. The maximum absolute atomic E-state index is 12.1. The molecule has 0 bridgehead atoms. The summed E-state index contributed by atoms with van der Waals surface area (Å²) in [5.74, 6) is 0.746. The summed E-state index contributed by atoms with van der Waals surface area (Å²) in [5, 5.41) is 3.74. The van der Waals surface area contributed by atoms with Gasteiger partial charge in [-0.1, -0.05) is 17.4 Å². The lowest BCUT2D eigenvalue weighted by Gasteiger charge is -2.09. The van der Waals surface area contributed by atoms with Gasteiger partial charge in [0, 0.05) is 6.54 Å². The molecule has 0 unspecified atom stereocenters. The number of ether oxygens (including phenoxy) is 3. The summed E-state index contributed by atoms with van der Waals surface area (Å²) < 4.78 is 16.1. The Morgan fingerprint density at radius 2 is 1.96 bits per heavy atom. The molecular formula is C17H17ClN4O4S. The van der Waals surface area contributed by atoms with E-state index < -0.39 is 5.97 Å². The number of hydrogen-bond acceptors (Lipinski definition) is 9. The van der Waals surface area contributed by atoms with E-state index in [9.17, 15) is 4.79 Å². The number of benzene rings is 1. The normalized spacial score (nSPS) is 10.7. The van der Waals surface area contributed by atoms with Crippen LogP contribution in [0, 0.1) is 0 Å². The van der Waals surface area contributed by atoms with E-state index in [1.807, 2.05) is 18.2 Å². The van der Waals surface area contributed by atoms with Gasteiger partial charge in [-0.05, 0) is 36.2 Å². The van der Waals surface area contributed by atoms with Gasteiger partial charge < -0.3 is 19.5 Å². The average molecular weight is 409 g/mol. The predicted molar refractivity (Wildman–Crippen MR) is 103 cm³/mol. The maximum Gasteiger partial charge on any atom is 0.358 e. The highest BCUT2D eigenvalue weighted by Crippen LogP contribution is 2.30. The molecule has 2 heterocycles. The smallest absolute Gasteiger partial charge is 0.358 e. The molecule has 0 atom stereocenters. The van der Waals surface area contributed by atoms with Crippen LogP contribution >= 0.6 is 22.9 Å². The van der Waals surface area contributed by atoms with Crippen LogP contribution in [-0.2, 0) is 11.3 Å². The molecule has 0 fully saturated rings. The third-order valence-corrected chi connectivity index (χ3v) is 4.77. The number of anilines is 1. The zero-order valence-electron chi connectivity index (χ0n) is 14.9. The number of hydrogen-bond donors (Lipinski definition) is 1. The van der Waals surface area contributed by atoms with E-state index in [0.29, 0.717) is 33.5 Å². The number of nitrogens with one attached hydrogen (secondary N) is 1. The molecule has 0 radical (unpaired) electrons. The fourth-order valence-electron chi connectivity index (χ4n) is 2.38. The highest BCUT2D eigenvalue weighted by Gasteiger charge is 2.19. The number of esters is 1. The Morgan fingerprint density at radius 1 is 1.19 bits per heavy atom. The number of carbonyl (C=O) groups excluding carboxylic acids is 1. The minimum atomic E-state index is -0.554. The summed E-state index contributed by atoms with van der Waals surface area (Å²) in [5.41, 5.74) is 1.43. The Kier molecular flexibility index (Phi) is 5.92. The van der Waals surface area contributed by atoms with Gasteiger partial charge in [-0.2, -0.15) is 9.97 Å². The number of aromatic nitrogens is 3. The topological polar surface area (TPSA) is 95.5 Å². The number of nitrogens with zero attached hydrogens (tertiary/aromatic N) is 3. The lowest BCUT2D eigenvalue weighted by Crippen LogP contribution is -2.08. The molecule has 142 valence electrons. The van der Waals surface area contributed by atoms with Crippen molar-refractivity contribution in [2.45, 2.75) is 13.5 Å². The van der Waals surface area contributed by atoms with Crippen LogP contribution in [0.3, 0.4) is 0 Å². The van der Waals surface area contributed by atoms with Crippen LogP contribution in [0.25, 0.3) is 10.3 Å². The summed E-state index contributed by atoms with van der Waals surface area (Å²) in [6.45, 7) is 2.46. The number of carbonyl (C=O) groups is 1. The predicted octanol–water partition coefficient (Wildman–Crippen LogP) is 3.55. The first-order valence-corrected chi connectivity index (χ1v) is 9.21. The third kappa shape index (κ3) is 4.20. The Balaban J connectivity index is 1.84. The SMILES string of the molecule is CCOC(=O)c1nc(Cl)nc2nc(NCc3ccc(OC)c(OC)c3)sc12. The van der Waals surface area contributed by atoms with E-state index in [-0.39, 0.29) is 17.6 Å². The van der Waals surface area contributed by atoms with Crippen molar-refractivity contribution in [1.82, 2.24) is 15.0 Å². The van der Waals surface area contributed by atoms with Gasteiger partial charge >= 0.3 is 5.97 Å². The van der Waals surface area contributed by atoms with Crippen molar-refractivity contribution in [3.63, 3.8) is 0 Å². The van der Waals surface area contributed by atoms with E-state index in [2.05, 4.69) is 20.3 Å². The van der Waals surface area contributed by atoms with Crippen LogP contribution in [0.1, 0.15) is 23.0 Å². The fourth-order valence-corrected chi connectivity index (χ4v) is 3.42. The number of halogens is 1. The van der Waals surface area contributed by atoms with E-state index in [1.165, 1.54) is 11.3 Å². The van der Waals surface area contributed by atoms with Gasteiger partial charge in [-0.25, -0.2) is 9.78 Å². The Bertz CT molecular complexity index is 979. The quantitative estimate of drug-likeness (QED) is 0.468. The molecule has 2 aromatic heterocycles. The van der Waals surface area contributed by atoms with Gasteiger partial charge in [0.2, 0.25) is 5.28 Å². The molecule has 0 aliphatic carbocycles. The van der Waals surface area contributed by atoms with Crippen molar-refractivity contribution in [2.24, 2.45) is 0 Å². The van der Waals surface area contributed by atoms with Crippen molar-refractivity contribution < 1.29 is 19.0 Å². The molecule has 3 rings (SSSR count). The molecule has 8 nitrogen and oxygen atoms in total. The molecule has 1 aromatic carbocycles. The maximum atomic E-state index is 12.1. The summed E-state index contributed by atoms with van der Waals surface area (Å²) in [6.07, 6.45) is 0. The molecule has 0 saturated carbocycles. The second kappa shape index (κ2) is 8.36. The second-order valence-corrected chi connectivity index (χ2v) is 6.61. The largest absolute Gasteiger partial charge is 0.493 e. The minimum Gasteiger partial charge on any atom is -0.493 e. The van der Waals surface area contributed by atoms with Gasteiger partial charge in [0.15, 0.2) is 28.0 Å². The number of rotatable bonds is 7. The fraction of sp³-hybridized carbons (Fsp3) is 0.294. The van der Waals surface area contributed by atoms with Crippen LogP contribution in [0.2, 0.25) is 5.28 Å². The molecule has 10 heteroatoms. The monoisotopic (exact) mass is 408 g/mol. The van der Waals surface area contributed by atoms with Gasteiger partial charge in [0.05, 0.1) is 20.8 Å². The van der Waals surface area contributed by atoms with Crippen LogP contribution in [-0.4, -0.2) is 41.7 Å². The van der Waals surface area contributed by atoms with Gasteiger partial charge in [0.1, 0.15) is 4.70 Å². The molecule has 1 N–H and O–H groups in total. The zero-order chi connectivity index (χ0) is 19.4. The van der Waals surface area contributed by atoms with Crippen LogP contribution in [0.4, 0.5) is 5.13 Å². The van der Waals surface area contributed by atoms with Crippen molar-refractivity contribution in [2.75, 3.05) is 26.1 Å². The lowest BCUT2D eigenvalue weighted by molar-refractivity contribution is 0.0522. The molecule has 0 saturated heterocycles. The number of thiazole rings is 1. The standard InChI is InChI=1S/C17H17ClN4O4S/c1-4-26-15(23)12-13-14(21-16(18)20-12)22-17(27-13)19-8-9-5-6-10(24-2)11(7-9)25-3/h5-7H,4,8H2,1-3H3,(H,19,20,21,22). The van der Waals surface area contributed by atoms with Crippen molar-refractivity contribution >= 4 is 44.4 Å². The second-order valence-electron chi connectivity index (χ2n) is 5.28. The minimum absolute atomic E-state index is 0.0534. The molecule has 3 aromatic rings. The Labute approximate surface area is 164 Å². The van der Waals surface area contributed by atoms with E-state index in [1.54, 1.807) is 21.1 Å². The highest BCUT2D eigenvalue weighted by molar-refractivity contribution is 7.22. The summed E-state index contributed by atoms with van der Waals surface area (Å²) in [4.78, 5) is 24.5. The first-order valence-electron chi connectivity index (χ1n) is 8.01. The Morgan fingerprint density at radius 3 is 2.67 bits per heavy atom. The van der Waals surface area contributed by atoms with Gasteiger partial charge in [-0.3, -0.25) is 0 Å². The molecule has 27 heavy (non-hydrogen) atoms. The van der Waals surface area contributed by atoms with E-state index in [4.69, 9.17) is 25.8 Å². The summed E-state index contributed by atoms with van der Waals surface area (Å²) in [6, 6.07) is 5.63. The average Bonchev–Trinajstić information content (AvgIpc) is 3.08. The van der Waals surface area contributed by atoms with Crippen LogP contribution < -0.4 is 14.8 Å². The van der Waals surface area contributed by atoms with E-state index >= 15 is 0 Å². The third-order valence-electron chi connectivity index (χ3n) is 3.59. The molecule has 0 spiro atoms. The number of fused-ring (bicyclic) bond motifs is 1. The van der Waals surface area contributed by atoms with Crippen LogP contribution in [0.5, 0.6) is 11.5 Å². The molecule has 0 amide bonds. The van der Waals surface area contributed by atoms with Crippen molar-refractivity contribution in [3.05, 3.63) is 34.7 Å². The summed E-state index contributed by atoms with van der Waals surface area (Å²) in [7, 11) is 3.17. The van der Waals surface area contributed by atoms with Crippen molar-refractivity contribution in [3.8, 4) is 11.5 Å². The lowest BCUT2D eigenvalue weighted by atomic mass is 10.2. The Hall–Kier alpha value is -2.65. The van der Waals surface area contributed by atoms with Crippen LogP contribution in [0.15, 0.2) is 18.2 Å². The zero-order valence-corrected chi connectivity index (χ0v) is 16.5. The number of methoxy groups -OCH3 is 2. The summed E-state index contributed by atoms with van der Waals surface area (Å²) >= 11 is 7.16. The molecule has 0 aliphatic rings.